The topological polar surface area (TPSA) is 87.8 Å². The molecule has 0 amide bonds. The van der Waals surface area contributed by atoms with Crippen LogP contribution in [0.3, 0.4) is 0 Å². The van der Waals surface area contributed by atoms with E-state index in [0.29, 0.717) is 5.52 Å². The molecule has 3 aromatic rings. The van der Waals surface area contributed by atoms with Crippen LogP contribution in [0.15, 0.2) is 30.5 Å². The minimum atomic E-state index is -3.71. The van der Waals surface area contributed by atoms with Crippen LogP contribution in [0.5, 0.6) is 6.01 Å². The molecule has 0 spiro atoms. The van der Waals surface area contributed by atoms with E-state index in [4.69, 9.17) is 0 Å². The number of nitrogens with zero attached hydrogens (tertiary/aromatic N) is 4. The number of hydrogen-bond donors (Lipinski definition) is 1. The van der Waals surface area contributed by atoms with Crippen LogP contribution >= 0.6 is 0 Å². The molecule has 2 aromatic heterocycles. The van der Waals surface area contributed by atoms with Crippen molar-refractivity contribution in [1.82, 2.24) is 14.6 Å². The molecule has 10 heteroatoms. The minimum Gasteiger partial charge on any atom is -0.478 e. The SMILES string of the molecule is CN(c1cc(F)c(F)cc1-c1ccc2cnc(O)nn12)S(C)(=O)=O. The maximum Gasteiger partial charge on any atom is 0.331 e. The molecule has 7 nitrogen and oxygen atoms in total. The zero-order valence-electron chi connectivity index (χ0n) is 12.6. The number of benzene rings is 1. The average molecular weight is 354 g/mol. The van der Waals surface area contributed by atoms with E-state index in [0.717, 1.165) is 22.7 Å². The van der Waals surface area contributed by atoms with Crippen molar-refractivity contribution in [2.45, 2.75) is 0 Å². The lowest BCUT2D eigenvalue weighted by molar-refractivity contribution is 0.419. The first-order valence-electron chi connectivity index (χ1n) is 6.65. The maximum atomic E-state index is 13.8. The summed E-state index contributed by atoms with van der Waals surface area (Å²) in [6, 6.07) is 4.30. The lowest BCUT2D eigenvalue weighted by Gasteiger charge is -2.20. The molecule has 0 bridgehead atoms. The summed E-state index contributed by atoms with van der Waals surface area (Å²) in [6.45, 7) is 0. The van der Waals surface area contributed by atoms with Gasteiger partial charge in [-0.25, -0.2) is 26.7 Å². The summed E-state index contributed by atoms with van der Waals surface area (Å²) in [5.41, 5.74) is 0.794. The van der Waals surface area contributed by atoms with Crippen molar-refractivity contribution in [3.05, 3.63) is 42.1 Å². The van der Waals surface area contributed by atoms with E-state index in [9.17, 15) is 22.3 Å². The second kappa shape index (κ2) is 5.41. The second-order valence-corrected chi connectivity index (χ2v) is 7.14. The number of anilines is 1. The number of fused-ring (bicyclic) bond motifs is 1. The highest BCUT2D eigenvalue weighted by Crippen LogP contribution is 2.34. The standard InChI is InChI=1S/C14H12F2N4O3S/c1-19(24(2,22)23)13-6-11(16)10(15)5-9(13)12-4-3-8-7-17-14(21)18-20(8)12/h3-7H,1-2H3,(H,18,21). The third-order valence-electron chi connectivity index (χ3n) is 3.54. The molecule has 0 atom stereocenters. The van der Waals surface area contributed by atoms with Crippen LogP contribution in [0.25, 0.3) is 16.8 Å². The van der Waals surface area contributed by atoms with Crippen LogP contribution < -0.4 is 4.31 Å². The Morgan fingerprint density at radius 2 is 1.88 bits per heavy atom. The van der Waals surface area contributed by atoms with Gasteiger partial charge in [0.1, 0.15) is 0 Å². The molecule has 0 saturated heterocycles. The van der Waals surface area contributed by atoms with Crippen LogP contribution in [-0.2, 0) is 10.0 Å². The zero-order chi connectivity index (χ0) is 17.6. The van der Waals surface area contributed by atoms with Gasteiger partial charge in [-0.05, 0) is 18.2 Å². The van der Waals surface area contributed by atoms with Gasteiger partial charge in [-0.15, -0.1) is 5.10 Å². The summed E-state index contributed by atoms with van der Waals surface area (Å²) in [6.07, 6.45) is 2.29. The third kappa shape index (κ3) is 2.64. The number of rotatable bonds is 3. The Hall–Kier alpha value is -2.75. The normalized spacial score (nSPS) is 11.8. The Morgan fingerprint density at radius 3 is 2.54 bits per heavy atom. The van der Waals surface area contributed by atoms with Crippen LogP contribution in [-0.4, -0.2) is 41.4 Å². The van der Waals surface area contributed by atoms with Crippen molar-refractivity contribution in [2.75, 3.05) is 17.6 Å². The Balaban J connectivity index is 2.34. The first-order chi connectivity index (χ1) is 11.2. The van der Waals surface area contributed by atoms with Gasteiger partial charge in [-0.2, -0.15) is 0 Å². The molecule has 126 valence electrons. The van der Waals surface area contributed by atoms with E-state index in [2.05, 4.69) is 10.1 Å². The summed E-state index contributed by atoms with van der Waals surface area (Å²) in [4.78, 5) is 3.63. The van der Waals surface area contributed by atoms with E-state index in [-0.39, 0.29) is 16.9 Å². The Labute approximate surface area is 135 Å². The molecular formula is C14H12F2N4O3S. The van der Waals surface area contributed by atoms with Gasteiger partial charge >= 0.3 is 6.01 Å². The fraction of sp³-hybridized carbons (Fsp3) is 0.143. The molecule has 0 unspecified atom stereocenters. The predicted molar refractivity (Wildman–Crippen MR) is 83.3 cm³/mol. The van der Waals surface area contributed by atoms with Crippen LogP contribution in [0.1, 0.15) is 0 Å². The molecule has 1 N–H and O–H groups in total. The highest BCUT2D eigenvalue weighted by Gasteiger charge is 2.22. The van der Waals surface area contributed by atoms with Crippen molar-refractivity contribution in [2.24, 2.45) is 0 Å². The molecule has 0 fully saturated rings. The molecule has 0 aliphatic carbocycles. The smallest absolute Gasteiger partial charge is 0.331 e. The van der Waals surface area contributed by atoms with Crippen molar-refractivity contribution in [3.63, 3.8) is 0 Å². The number of halogens is 2. The first-order valence-corrected chi connectivity index (χ1v) is 8.50. The summed E-state index contributed by atoms with van der Waals surface area (Å²) >= 11 is 0. The second-order valence-electron chi connectivity index (χ2n) is 5.13. The van der Waals surface area contributed by atoms with Crippen molar-refractivity contribution in [1.29, 1.82) is 0 Å². The fourth-order valence-electron chi connectivity index (χ4n) is 2.28. The fourth-order valence-corrected chi connectivity index (χ4v) is 2.79. The lowest BCUT2D eigenvalue weighted by atomic mass is 10.1. The number of hydrogen-bond acceptors (Lipinski definition) is 5. The van der Waals surface area contributed by atoms with Crippen LogP contribution in [0, 0.1) is 11.6 Å². The molecule has 0 aliphatic heterocycles. The lowest BCUT2D eigenvalue weighted by Crippen LogP contribution is -2.25. The molecule has 0 radical (unpaired) electrons. The van der Waals surface area contributed by atoms with Gasteiger partial charge in [0.15, 0.2) is 11.6 Å². The van der Waals surface area contributed by atoms with E-state index in [1.807, 2.05) is 0 Å². The van der Waals surface area contributed by atoms with E-state index >= 15 is 0 Å². The number of aromatic nitrogens is 3. The molecule has 3 rings (SSSR count). The molecule has 1 aromatic carbocycles. The molecule has 0 aliphatic rings. The van der Waals surface area contributed by atoms with Crippen molar-refractivity contribution < 1.29 is 22.3 Å². The van der Waals surface area contributed by atoms with Crippen LogP contribution in [0.2, 0.25) is 0 Å². The summed E-state index contributed by atoms with van der Waals surface area (Å²) in [5.74, 6) is -2.31. The molecule has 2 heterocycles. The Morgan fingerprint density at radius 1 is 1.21 bits per heavy atom. The maximum absolute atomic E-state index is 13.8. The molecular weight excluding hydrogens is 342 g/mol. The van der Waals surface area contributed by atoms with Gasteiger partial charge < -0.3 is 5.11 Å². The quantitative estimate of drug-likeness (QED) is 0.775. The minimum absolute atomic E-state index is 0.0606. The van der Waals surface area contributed by atoms with Crippen molar-refractivity contribution >= 4 is 21.2 Å². The Kier molecular flexibility index (Phi) is 3.63. The summed E-state index contributed by atoms with van der Waals surface area (Å²) in [5, 5.41) is 13.2. The molecule has 0 saturated carbocycles. The summed E-state index contributed by atoms with van der Waals surface area (Å²) in [7, 11) is -2.48. The third-order valence-corrected chi connectivity index (χ3v) is 4.73. The average Bonchev–Trinajstić information content (AvgIpc) is 2.90. The number of aromatic hydroxyl groups is 1. The van der Waals surface area contributed by atoms with Gasteiger partial charge in [0.25, 0.3) is 0 Å². The van der Waals surface area contributed by atoms with Gasteiger partial charge in [0, 0.05) is 18.7 Å². The largest absolute Gasteiger partial charge is 0.478 e. The van der Waals surface area contributed by atoms with Gasteiger partial charge in [-0.1, -0.05) is 0 Å². The van der Waals surface area contributed by atoms with E-state index < -0.39 is 27.7 Å². The molecule has 24 heavy (non-hydrogen) atoms. The Bertz CT molecular complexity index is 1050. The van der Waals surface area contributed by atoms with Crippen molar-refractivity contribution in [3.8, 4) is 17.3 Å². The van der Waals surface area contributed by atoms with Gasteiger partial charge in [0.2, 0.25) is 10.0 Å². The highest BCUT2D eigenvalue weighted by molar-refractivity contribution is 7.92. The monoisotopic (exact) mass is 354 g/mol. The van der Waals surface area contributed by atoms with Gasteiger partial charge in [-0.3, -0.25) is 4.31 Å². The zero-order valence-corrected chi connectivity index (χ0v) is 13.4. The first kappa shape index (κ1) is 16.1. The van der Waals surface area contributed by atoms with Gasteiger partial charge in [0.05, 0.1) is 29.4 Å². The predicted octanol–water partition coefficient (Wildman–Crippen LogP) is 1.78. The van der Waals surface area contributed by atoms with E-state index in [1.165, 1.54) is 23.8 Å². The van der Waals surface area contributed by atoms with Crippen LogP contribution in [0.4, 0.5) is 14.5 Å². The summed E-state index contributed by atoms with van der Waals surface area (Å²) < 4.78 is 53.1. The number of sulfonamides is 1. The van der Waals surface area contributed by atoms with E-state index in [1.54, 1.807) is 6.07 Å². The highest BCUT2D eigenvalue weighted by atomic mass is 32.2.